The predicted octanol–water partition coefficient (Wildman–Crippen LogP) is 3.25. The SMILES string of the molecule is CO[C@@]1(CC=O)O[C@](C)(CO[Si](C)(C)C(C)(C)C)[C@H]2OC(C)(C)O[C@H]21. The van der Waals surface area contributed by atoms with Crippen molar-refractivity contribution in [2.24, 2.45) is 0 Å². The zero-order chi connectivity index (χ0) is 19.3. The standard InChI is InChI=1S/C18H34O6Si/c1-15(2,3)25(8,9)21-12-17(6)13-14(23-16(4,5)22-13)18(20-7,24-17)10-11-19/h11,13-14H,10,12H2,1-9H3/t13-,14+,17+,18-/m0/s1. The zero-order valence-corrected chi connectivity index (χ0v) is 18.1. The van der Waals surface area contributed by atoms with Gasteiger partial charge in [0.05, 0.1) is 13.0 Å². The van der Waals surface area contributed by atoms with Crippen molar-refractivity contribution in [1.29, 1.82) is 0 Å². The number of carbonyl (C=O) groups excluding carboxylic acids is 1. The molecule has 7 heteroatoms. The van der Waals surface area contributed by atoms with Crippen molar-refractivity contribution >= 4 is 14.6 Å². The molecule has 4 atom stereocenters. The van der Waals surface area contributed by atoms with Crippen molar-refractivity contribution in [3.63, 3.8) is 0 Å². The van der Waals surface area contributed by atoms with Gasteiger partial charge in [0, 0.05) is 7.11 Å². The van der Waals surface area contributed by atoms with Crippen LogP contribution in [0.4, 0.5) is 0 Å². The minimum atomic E-state index is -1.96. The Morgan fingerprint density at radius 2 is 1.68 bits per heavy atom. The lowest BCUT2D eigenvalue weighted by molar-refractivity contribution is -0.303. The van der Waals surface area contributed by atoms with E-state index in [1.54, 1.807) is 0 Å². The Bertz CT molecular complexity index is 514. The highest BCUT2D eigenvalue weighted by molar-refractivity contribution is 6.74. The van der Waals surface area contributed by atoms with Gasteiger partial charge in [-0.25, -0.2) is 0 Å². The Morgan fingerprint density at radius 1 is 1.12 bits per heavy atom. The lowest BCUT2D eigenvalue weighted by Crippen LogP contribution is -2.50. The van der Waals surface area contributed by atoms with Gasteiger partial charge in [-0.3, -0.25) is 0 Å². The fraction of sp³-hybridized carbons (Fsp3) is 0.944. The molecule has 0 spiro atoms. The van der Waals surface area contributed by atoms with E-state index in [1.807, 2.05) is 20.8 Å². The topological polar surface area (TPSA) is 63.2 Å². The van der Waals surface area contributed by atoms with Crippen LogP contribution in [0.25, 0.3) is 0 Å². The summed E-state index contributed by atoms with van der Waals surface area (Å²) in [5.41, 5.74) is -0.757. The molecule has 146 valence electrons. The van der Waals surface area contributed by atoms with E-state index in [0.29, 0.717) is 6.61 Å². The first-order valence-electron chi connectivity index (χ1n) is 8.90. The summed E-state index contributed by atoms with van der Waals surface area (Å²) in [5.74, 6) is -1.91. The minimum Gasteiger partial charge on any atom is -0.414 e. The third kappa shape index (κ3) is 3.73. The summed E-state index contributed by atoms with van der Waals surface area (Å²) < 4.78 is 30.5. The first-order valence-corrected chi connectivity index (χ1v) is 11.8. The van der Waals surface area contributed by atoms with E-state index in [1.165, 1.54) is 7.11 Å². The molecule has 0 aliphatic carbocycles. The number of fused-ring (bicyclic) bond motifs is 1. The number of ether oxygens (including phenoxy) is 4. The summed E-state index contributed by atoms with van der Waals surface area (Å²) in [4.78, 5) is 11.3. The lowest BCUT2D eigenvalue weighted by Gasteiger charge is -2.40. The number of carbonyl (C=O) groups is 1. The maximum absolute atomic E-state index is 11.3. The Balaban J connectivity index is 2.29. The van der Waals surface area contributed by atoms with Crippen molar-refractivity contribution in [3.8, 4) is 0 Å². The molecule has 2 fully saturated rings. The molecule has 2 rings (SSSR count). The van der Waals surface area contributed by atoms with Gasteiger partial charge in [-0.1, -0.05) is 20.8 Å². The predicted molar refractivity (Wildman–Crippen MR) is 96.9 cm³/mol. The van der Waals surface area contributed by atoms with E-state index in [0.717, 1.165) is 6.29 Å². The molecule has 0 amide bonds. The minimum absolute atomic E-state index is 0.0831. The smallest absolute Gasteiger partial charge is 0.204 e. The summed E-state index contributed by atoms with van der Waals surface area (Å²) in [5, 5.41) is 0.0921. The molecule has 0 aromatic carbocycles. The molecule has 0 bridgehead atoms. The zero-order valence-electron chi connectivity index (χ0n) is 17.1. The van der Waals surface area contributed by atoms with E-state index in [-0.39, 0.29) is 17.6 Å². The van der Waals surface area contributed by atoms with E-state index in [4.69, 9.17) is 23.4 Å². The Labute approximate surface area is 152 Å². The van der Waals surface area contributed by atoms with Crippen LogP contribution in [0.15, 0.2) is 0 Å². The fourth-order valence-corrected chi connectivity index (χ4v) is 4.29. The normalized spacial score (nSPS) is 38.0. The van der Waals surface area contributed by atoms with Gasteiger partial charge in [-0.05, 0) is 38.9 Å². The second-order valence-corrected chi connectivity index (χ2v) is 14.1. The largest absolute Gasteiger partial charge is 0.414 e. The average Bonchev–Trinajstić information content (AvgIpc) is 2.90. The first kappa shape index (κ1) is 21.0. The highest BCUT2D eigenvalue weighted by atomic mass is 28.4. The molecule has 0 aromatic heterocycles. The van der Waals surface area contributed by atoms with Crippen molar-refractivity contribution in [2.45, 2.75) is 95.5 Å². The molecule has 6 nitrogen and oxygen atoms in total. The molecule has 0 radical (unpaired) electrons. The van der Waals surface area contributed by atoms with Crippen LogP contribution in [0.3, 0.4) is 0 Å². The lowest BCUT2D eigenvalue weighted by atomic mass is 9.95. The van der Waals surface area contributed by atoms with Crippen LogP contribution in [0.1, 0.15) is 48.0 Å². The molecule has 0 N–H and O–H groups in total. The van der Waals surface area contributed by atoms with E-state index in [2.05, 4.69) is 33.9 Å². The first-order chi connectivity index (χ1) is 11.2. The van der Waals surface area contributed by atoms with Gasteiger partial charge in [0.1, 0.15) is 24.1 Å². The summed E-state index contributed by atoms with van der Waals surface area (Å²) in [7, 11) is -0.423. The molecular weight excluding hydrogens is 340 g/mol. The summed E-state index contributed by atoms with van der Waals surface area (Å²) in [6.07, 6.45) is 0.0352. The van der Waals surface area contributed by atoms with E-state index >= 15 is 0 Å². The third-order valence-corrected chi connectivity index (χ3v) is 10.3. The van der Waals surface area contributed by atoms with Gasteiger partial charge in [0.2, 0.25) is 5.79 Å². The Kier molecular flexibility index (Phi) is 5.36. The molecular formula is C18H34O6Si. The quantitative estimate of drug-likeness (QED) is 0.525. The number of methoxy groups -OCH3 is 1. The van der Waals surface area contributed by atoms with Crippen molar-refractivity contribution in [2.75, 3.05) is 13.7 Å². The number of hydrogen-bond acceptors (Lipinski definition) is 6. The van der Waals surface area contributed by atoms with Gasteiger partial charge in [0.15, 0.2) is 14.1 Å². The summed E-state index contributed by atoms with van der Waals surface area (Å²) in [6, 6.07) is 0. The van der Waals surface area contributed by atoms with Crippen LogP contribution in [0.5, 0.6) is 0 Å². The monoisotopic (exact) mass is 374 g/mol. The number of rotatable bonds is 6. The Morgan fingerprint density at radius 3 is 2.16 bits per heavy atom. The second kappa shape index (κ2) is 6.39. The molecule has 2 heterocycles. The van der Waals surface area contributed by atoms with Gasteiger partial charge >= 0.3 is 0 Å². The maximum Gasteiger partial charge on any atom is 0.204 e. The van der Waals surface area contributed by atoms with Gasteiger partial charge in [0.25, 0.3) is 0 Å². The van der Waals surface area contributed by atoms with Crippen LogP contribution < -0.4 is 0 Å². The fourth-order valence-electron chi connectivity index (χ4n) is 3.21. The van der Waals surface area contributed by atoms with Crippen LogP contribution in [0.2, 0.25) is 18.1 Å². The van der Waals surface area contributed by atoms with Crippen LogP contribution in [-0.2, 0) is 28.2 Å². The van der Waals surface area contributed by atoms with Crippen molar-refractivity contribution in [3.05, 3.63) is 0 Å². The number of hydrogen-bond donors (Lipinski definition) is 0. The van der Waals surface area contributed by atoms with Crippen LogP contribution in [-0.4, -0.2) is 57.7 Å². The second-order valence-electron chi connectivity index (χ2n) is 9.33. The molecule has 0 saturated carbocycles. The number of aldehydes is 1. The molecule has 2 saturated heterocycles. The molecule has 0 aromatic rings. The highest BCUT2D eigenvalue weighted by Crippen LogP contribution is 2.51. The van der Waals surface area contributed by atoms with Gasteiger partial charge in [-0.2, -0.15) is 0 Å². The molecule has 25 heavy (non-hydrogen) atoms. The van der Waals surface area contributed by atoms with Crippen LogP contribution >= 0.6 is 0 Å². The third-order valence-electron chi connectivity index (χ3n) is 5.78. The maximum atomic E-state index is 11.3. The molecule has 2 aliphatic heterocycles. The van der Waals surface area contributed by atoms with Crippen LogP contribution in [0, 0.1) is 0 Å². The average molecular weight is 375 g/mol. The molecule has 2 aliphatic rings. The Hall–Kier alpha value is -0.313. The van der Waals surface area contributed by atoms with Gasteiger partial charge < -0.3 is 28.2 Å². The summed E-state index contributed by atoms with van der Waals surface area (Å²) >= 11 is 0. The highest BCUT2D eigenvalue weighted by Gasteiger charge is 2.68. The van der Waals surface area contributed by atoms with Crippen molar-refractivity contribution in [1.82, 2.24) is 0 Å². The summed E-state index contributed by atoms with van der Waals surface area (Å²) in [6.45, 7) is 17.0. The van der Waals surface area contributed by atoms with E-state index < -0.39 is 31.6 Å². The van der Waals surface area contributed by atoms with Gasteiger partial charge in [-0.15, -0.1) is 0 Å². The molecule has 0 unspecified atom stereocenters. The van der Waals surface area contributed by atoms with Crippen molar-refractivity contribution < 1.29 is 28.2 Å². The van der Waals surface area contributed by atoms with E-state index in [9.17, 15) is 4.79 Å².